The van der Waals surface area contributed by atoms with Crippen LogP contribution in [0.2, 0.25) is 5.02 Å². The van der Waals surface area contributed by atoms with Crippen molar-refractivity contribution in [3.63, 3.8) is 0 Å². The van der Waals surface area contributed by atoms with E-state index in [0.29, 0.717) is 29.6 Å². The molecule has 0 atom stereocenters. The number of nitrogens with zero attached hydrogens (tertiary/aromatic N) is 1. The Bertz CT molecular complexity index is 526. The number of halogens is 1. The van der Waals surface area contributed by atoms with Crippen LogP contribution in [-0.2, 0) is 16.6 Å². The van der Waals surface area contributed by atoms with E-state index in [1.807, 2.05) is 13.8 Å². The second-order valence-corrected chi connectivity index (χ2v) is 7.03. The molecule has 1 aromatic rings. The molecule has 0 fully saturated rings. The lowest BCUT2D eigenvalue weighted by molar-refractivity contribution is 0.410. The number of rotatable bonds is 8. The first-order chi connectivity index (χ1) is 9.47. The average Bonchev–Trinajstić information content (AvgIpc) is 2.41. The lowest BCUT2D eigenvalue weighted by Crippen LogP contribution is -2.32. The smallest absolute Gasteiger partial charge is 0.243 e. The molecule has 0 aliphatic rings. The quantitative estimate of drug-likeness (QED) is 0.802. The van der Waals surface area contributed by atoms with Crippen LogP contribution in [0.15, 0.2) is 23.1 Å². The third-order valence-electron chi connectivity index (χ3n) is 2.97. The van der Waals surface area contributed by atoms with Crippen molar-refractivity contribution in [2.75, 3.05) is 20.1 Å². The Morgan fingerprint density at radius 3 is 2.30 bits per heavy atom. The van der Waals surface area contributed by atoms with Crippen molar-refractivity contribution in [1.29, 1.82) is 0 Å². The van der Waals surface area contributed by atoms with E-state index in [4.69, 9.17) is 11.6 Å². The first kappa shape index (κ1) is 17.4. The van der Waals surface area contributed by atoms with Crippen LogP contribution in [0, 0.1) is 0 Å². The van der Waals surface area contributed by atoms with Gasteiger partial charge in [0.15, 0.2) is 0 Å². The zero-order valence-corrected chi connectivity index (χ0v) is 13.9. The summed E-state index contributed by atoms with van der Waals surface area (Å²) < 4.78 is 26.8. The Morgan fingerprint density at radius 2 is 1.80 bits per heavy atom. The van der Waals surface area contributed by atoms with Crippen LogP contribution < -0.4 is 5.32 Å². The SMILES string of the molecule is CCCN(CCC)S(=O)(=O)c1ccc(Cl)c(CNC)c1. The van der Waals surface area contributed by atoms with E-state index in [0.717, 1.165) is 18.4 Å². The molecular weight excluding hydrogens is 296 g/mol. The first-order valence-corrected chi connectivity index (χ1v) is 8.72. The van der Waals surface area contributed by atoms with Gasteiger partial charge in [-0.1, -0.05) is 25.4 Å². The Balaban J connectivity index is 3.16. The van der Waals surface area contributed by atoms with E-state index >= 15 is 0 Å². The second kappa shape index (κ2) is 7.98. The predicted molar refractivity (Wildman–Crippen MR) is 83.6 cm³/mol. The van der Waals surface area contributed by atoms with Gasteiger partial charge >= 0.3 is 0 Å². The summed E-state index contributed by atoms with van der Waals surface area (Å²) in [7, 11) is -1.63. The topological polar surface area (TPSA) is 49.4 Å². The van der Waals surface area contributed by atoms with Crippen LogP contribution >= 0.6 is 11.6 Å². The van der Waals surface area contributed by atoms with Crippen LogP contribution in [-0.4, -0.2) is 32.9 Å². The fraction of sp³-hybridized carbons (Fsp3) is 0.571. The van der Waals surface area contributed by atoms with Gasteiger partial charge in [0.05, 0.1) is 4.90 Å². The van der Waals surface area contributed by atoms with Crippen LogP contribution in [0.1, 0.15) is 32.3 Å². The third-order valence-corrected chi connectivity index (χ3v) is 5.23. The molecule has 0 radical (unpaired) electrons. The van der Waals surface area contributed by atoms with Gasteiger partial charge in [0.1, 0.15) is 0 Å². The van der Waals surface area contributed by atoms with E-state index in [9.17, 15) is 8.42 Å². The summed E-state index contributed by atoms with van der Waals surface area (Å²) in [6, 6.07) is 4.89. The van der Waals surface area contributed by atoms with Gasteiger partial charge in [0.2, 0.25) is 10.0 Å². The molecular formula is C14H23ClN2O2S. The lowest BCUT2D eigenvalue weighted by atomic mass is 10.2. The fourth-order valence-corrected chi connectivity index (χ4v) is 3.90. The first-order valence-electron chi connectivity index (χ1n) is 6.90. The van der Waals surface area contributed by atoms with E-state index in [1.165, 1.54) is 0 Å². The maximum atomic E-state index is 12.6. The summed E-state index contributed by atoms with van der Waals surface area (Å²) in [5.74, 6) is 0. The number of nitrogens with one attached hydrogen (secondary N) is 1. The molecule has 0 unspecified atom stereocenters. The molecule has 0 aliphatic heterocycles. The van der Waals surface area contributed by atoms with Crippen LogP contribution in [0.3, 0.4) is 0 Å². The van der Waals surface area contributed by atoms with Crippen molar-refractivity contribution >= 4 is 21.6 Å². The Morgan fingerprint density at radius 1 is 1.20 bits per heavy atom. The summed E-state index contributed by atoms with van der Waals surface area (Å²) in [4.78, 5) is 0.314. The predicted octanol–water partition coefficient (Wildman–Crippen LogP) is 2.87. The van der Waals surface area contributed by atoms with Gasteiger partial charge in [-0.05, 0) is 43.7 Å². The number of sulfonamides is 1. The van der Waals surface area contributed by atoms with Gasteiger partial charge < -0.3 is 5.32 Å². The minimum absolute atomic E-state index is 0.314. The Labute approximate surface area is 127 Å². The summed E-state index contributed by atoms with van der Waals surface area (Å²) in [5, 5.41) is 3.57. The summed E-state index contributed by atoms with van der Waals surface area (Å²) in [5.41, 5.74) is 0.795. The van der Waals surface area contributed by atoms with Gasteiger partial charge in [-0.3, -0.25) is 0 Å². The molecule has 114 valence electrons. The minimum Gasteiger partial charge on any atom is -0.316 e. The lowest BCUT2D eigenvalue weighted by Gasteiger charge is -2.21. The van der Waals surface area contributed by atoms with Crippen molar-refractivity contribution in [2.24, 2.45) is 0 Å². The van der Waals surface area contributed by atoms with Crippen LogP contribution in [0.25, 0.3) is 0 Å². The molecule has 1 aromatic carbocycles. The standard InChI is InChI=1S/C14H23ClN2O2S/c1-4-8-17(9-5-2)20(18,19)13-6-7-14(15)12(10-13)11-16-3/h6-7,10,16H,4-5,8-9,11H2,1-3H3. The largest absolute Gasteiger partial charge is 0.316 e. The Kier molecular flexibility index (Phi) is 6.95. The van der Waals surface area contributed by atoms with Gasteiger partial charge in [0, 0.05) is 24.7 Å². The Hall–Kier alpha value is -0.620. The molecule has 0 spiro atoms. The second-order valence-electron chi connectivity index (χ2n) is 4.69. The average molecular weight is 319 g/mol. The molecule has 6 heteroatoms. The van der Waals surface area contributed by atoms with E-state index in [2.05, 4.69) is 5.32 Å². The van der Waals surface area contributed by atoms with Gasteiger partial charge in [0.25, 0.3) is 0 Å². The minimum atomic E-state index is -3.44. The third kappa shape index (κ3) is 4.19. The van der Waals surface area contributed by atoms with Crippen molar-refractivity contribution in [3.8, 4) is 0 Å². The van der Waals surface area contributed by atoms with Crippen molar-refractivity contribution < 1.29 is 8.42 Å². The molecule has 1 rings (SSSR count). The fourth-order valence-electron chi connectivity index (χ4n) is 2.04. The molecule has 20 heavy (non-hydrogen) atoms. The molecule has 1 N–H and O–H groups in total. The highest BCUT2D eigenvalue weighted by atomic mass is 35.5. The molecule has 0 saturated heterocycles. The van der Waals surface area contributed by atoms with Crippen LogP contribution in [0.5, 0.6) is 0 Å². The molecule has 0 amide bonds. The number of hydrogen-bond donors (Lipinski definition) is 1. The van der Waals surface area contributed by atoms with Crippen molar-refractivity contribution in [1.82, 2.24) is 9.62 Å². The highest BCUT2D eigenvalue weighted by Gasteiger charge is 2.23. The van der Waals surface area contributed by atoms with Gasteiger partial charge in [-0.2, -0.15) is 4.31 Å². The molecule has 0 heterocycles. The highest BCUT2D eigenvalue weighted by Crippen LogP contribution is 2.23. The van der Waals surface area contributed by atoms with Crippen molar-refractivity contribution in [3.05, 3.63) is 28.8 Å². The van der Waals surface area contributed by atoms with E-state index < -0.39 is 10.0 Å². The normalized spacial score (nSPS) is 12.1. The monoisotopic (exact) mass is 318 g/mol. The van der Waals surface area contributed by atoms with Gasteiger partial charge in [-0.15, -0.1) is 0 Å². The molecule has 0 aliphatic carbocycles. The number of hydrogen-bond acceptors (Lipinski definition) is 3. The highest BCUT2D eigenvalue weighted by molar-refractivity contribution is 7.89. The molecule has 4 nitrogen and oxygen atoms in total. The van der Waals surface area contributed by atoms with Crippen molar-refractivity contribution in [2.45, 2.75) is 38.1 Å². The molecule has 0 saturated carbocycles. The molecule has 0 bridgehead atoms. The van der Waals surface area contributed by atoms with Gasteiger partial charge in [-0.25, -0.2) is 8.42 Å². The maximum Gasteiger partial charge on any atom is 0.243 e. The van der Waals surface area contributed by atoms with E-state index in [-0.39, 0.29) is 0 Å². The molecule has 0 aromatic heterocycles. The zero-order valence-electron chi connectivity index (χ0n) is 12.3. The van der Waals surface area contributed by atoms with E-state index in [1.54, 1.807) is 29.6 Å². The maximum absolute atomic E-state index is 12.6. The zero-order chi connectivity index (χ0) is 15.2. The summed E-state index contributed by atoms with van der Waals surface area (Å²) in [6.45, 7) is 5.59. The number of benzene rings is 1. The summed E-state index contributed by atoms with van der Waals surface area (Å²) >= 11 is 6.08. The summed E-state index contributed by atoms with van der Waals surface area (Å²) in [6.07, 6.45) is 1.60. The van der Waals surface area contributed by atoms with Crippen LogP contribution in [0.4, 0.5) is 0 Å².